The molecular weight excluding hydrogens is 304 g/mol. The van der Waals surface area contributed by atoms with Gasteiger partial charge in [0.2, 0.25) is 0 Å². The molecule has 0 radical (unpaired) electrons. The van der Waals surface area contributed by atoms with Gasteiger partial charge in [0, 0.05) is 22.4 Å². The second-order valence-corrected chi connectivity index (χ2v) is 4.59. The van der Waals surface area contributed by atoms with Crippen molar-refractivity contribution in [1.82, 2.24) is 10.4 Å². The van der Waals surface area contributed by atoms with E-state index in [1.54, 1.807) is 18.5 Å². The fourth-order valence-electron chi connectivity index (χ4n) is 1.70. The lowest BCUT2D eigenvalue weighted by Crippen LogP contribution is -2.29. The third kappa shape index (κ3) is 2.55. The first-order valence-corrected chi connectivity index (χ1v) is 5.93. The molecule has 0 bridgehead atoms. The highest BCUT2D eigenvalue weighted by Gasteiger charge is 2.19. The van der Waals surface area contributed by atoms with Gasteiger partial charge < -0.3 is 0 Å². The maximum absolute atomic E-state index is 13.7. The fourth-order valence-corrected chi connectivity index (χ4v) is 2.08. The van der Waals surface area contributed by atoms with Crippen molar-refractivity contribution < 1.29 is 8.78 Å². The smallest absolute Gasteiger partial charge is 0.163 e. The van der Waals surface area contributed by atoms with Gasteiger partial charge in [-0.15, -0.1) is 0 Å². The summed E-state index contributed by atoms with van der Waals surface area (Å²) in [6.07, 6.45) is 3.14. The molecule has 3 N–H and O–H groups in total. The van der Waals surface area contributed by atoms with Crippen molar-refractivity contribution >= 4 is 15.9 Å². The summed E-state index contributed by atoms with van der Waals surface area (Å²) in [6.45, 7) is 0. The quantitative estimate of drug-likeness (QED) is 0.676. The van der Waals surface area contributed by atoms with Gasteiger partial charge in [-0.25, -0.2) is 14.2 Å². The van der Waals surface area contributed by atoms with E-state index in [0.717, 1.165) is 10.5 Å². The molecule has 0 amide bonds. The Balaban J connectivity index is 2.49. The Morgan fingerprint density at radius 3 is 2.72 bits per heavy atom. The van der Waals surface area contributed by atoms with E-state index in [-0.39, 0.29) is 5.56 Å². The Kier molecular flexibility index (Phi) is 4.00. The number of aromatic nitrogens is 1. The number of hydrazine groups is 1. The molecule has 1 aromatic heterocycles. The number of nitrogens with one attached hydrogen (secondary N) is 1. The molecule has 1 unspecified atom stereocenters. The van der Waals surface area contributed by atoms with E-state index in [2.05, 4.69) is 26.3 Å². The molecule has 0 saturated carbocycles. The molecule has 0 spiro atoms. The van der Waals surface area contributed by atoms with Crippen LogP contribution in [0.3, 0.4) is 0 Å². The van der Waals surface area contributed by atoms with Crippen LogP contribution in [0.4, 0.5) is 8.78 Å². The average Bonchev–Trinajstić information content (AvgIpc) is 2.35. The minimum atomic E-state index is -0.916. The van der Waals surface area contributed by atoms with Crippen molar-refractivity contribution in [3.05, 3.63) is 63.9 Å². The Morgan fingerprint density at radius 2 is 2.06 bits per heavy atom. The second kappa shape index (κ2) is 5.51. The van der Waals surface area contributed by atoms with Crippen molar-refractivity contribution in [3.63, 3.8) is 0 Å². The summed E-state index contributed by atoms with van der Waals surface area (Å²) in [4.78, 5) is 3.97. The van der Waals surface area contributed by atoms with Crippen LogP contribution in [0.15, 0.2) is 41.1 Å². The van der Waals surface area contributed by atoms with Gasteiger partial charge >= 0.3 is 0 Å². The minimum absolute atomic E-state index is 0.136. The van der Waals surface area contributed by atoms with E-state index in [1.807, 2.05) is 0 Å². The monoisotopic (exact) mass is 313 g/mol. The van der Waals surface area contributed by atoms with Gasteiger partial charge in [0.1, 0.15) is 0 Å². The van der Waals surface area contributed by atoms with E-state index in [0.29, 0.717) is 5.56 Å². The van der Waals surface area contributed by atoms with Crippen LogP contribution < -0.4 is 11.3 Å². The zero-order valence-corrected chi connectivity index (χ0v) is 10.8. The molecule has 2 aromatic rings. The average molecular weight is 314 g/mol. The highest BCUT2D eigenvalue weighted by atomic mass is 79.9. The number of nitrogens with zero attached hydrogens (tertiary/aromatic N) is 1. The molecule has 0 fully saturated rings. The molecule has 3 nitrogen and oxygen atoms in total. The van der Waals surface area contributed by atoms with Crippen LogP contribution in [0, 0.1) is 11.6 Å². The third-order valence-corrected chi connectivity index (χ3v) is 2.95. The molecule has 94 valence electrons. The van der Waals surface area contributed by atoms with Crippen LogP contribution in [0.5, 0.6) is 0 Å². The number of pyridine rings is 1. The van der Waals surface area contributed by atoms with Gasteiger partial charge in [-0.1, -0.05) is 12.1 Å². The van der Waals surface area contributed by atoms with Crippen molar-refractivity contribution in [2.75, 3.05) is 0 Å². The summed E-state index contributed by atoms with van der Waals surface area (Å²) >= 11 is 3.27. The van der Waals surface area contributed by atoms with Crippen molar-refractivity contribution in [1.29, 1.82) is 0 Å². The van der Waals surface area contributed by atoms with Crippen LogP contribution in [-0.2, 0) is 0 Å². The number of nitrogens with two attached hydrogens (primary N) is 1. The molecule has 0 aliphatic heterocycles. The molecule has 6 heteroatoms. The maximum Gasteiger partial charge on any atom is 0.163 e. The fraction of sp³-hybridized carbons (Fsp3) is 0.0833. The Morgan fingerprint density at radius 1 is 1.28 bits per heavy atom. The first kappa shape index (κ1) is 13.1. The van der Waals surface area contributed by atoms with Gasteiger partial charge in [-0.3, -0.25) is 10.8 Å². The van der Waals surface area contributed by atoms with E-state index >= 15 is 0 Å². The maximum atomic E-state index is 13.7. The number of hydrogen-bond acceptors (Lipinski definition) is 3. The largest absolute Gasteiger partial charge is 0.271 e. The number of halogens is 3. The standard InChI is InChI=1S/C12H10BrF2N3/c13-8-4-7(5-17-6-8)12(18-16)9-2-1-3-10(14)11(9)15/h1-6,12,18H,16H2. The SMILES string of the molecule is NNC(c1cncc(Br)c1)c1cccc(F)c1F. The first-order chi connectivity index (χ1) is 8.63. The lowest BCUT2D eigenvalue weighted by molar-refractivity contribution is 0.483. The van der Waals surface area contributed by atoms with E-state index in [9.17, 15) is 8.78 Å². The molecule has 0 aliphatic carbocycles. The van der Waals surface area contributed by atoms with Gasteiger partial charge in [0.25, 0.3) is 0 Å². The summed E-state index contributed by atoms with van der Waals surface area (Å²) < 4.78 is 27.7. The predicted octanol–water partition coefficient (Wildman–Crippen LogP) is 2.68. The van der Waals surface area contributed by atoms with Crippen LogP contribution in [0.25, 0.3) is 0 Å². The summed E-state index contributed by atoms with van der Waals surface area (Å²) in [7, 11) is 0. The number of benzene rings is 1. The van der Waals surface area contributed by atoms with Crippen molar-refractivity contribution in [2.24, 2.45) is 5.84 Å². The molecule has 18 heavy (non-hydrogen) atoms. The van der Waals surface area contributed by atoms with E-state index in [4.69, 9.17) is 5.84 Å². The Bertz CT molecular complexity index is 563. The second-order valence-electron chi connectivity index (χ2n) is 3.68. The molecule has 1 atom stereocenters. The van der Waals surface area contributed by atoms with Gasteiger partial charge in [-0.05, 0) is 33.6 Å². The van der Waals surface area contributed by atoms with Gasteiger partial charge in [0.05, 0.1) is 6.04 Å². The lowest BCUT2D eigenvalue weighted by Gasteiger charge is -2.17. The highest BCUT2D eigenvalue weighted by Crippen LogP contribution is 2.26. The Hall–Kier alpha value is -1.37. The zero-order valence-electron chi connectivity index (χ0n) is 9.20. The molecular formula is C12H10BrF2N3. The summed E-state index contributed by atoms with van der Waals surface area (Å²) in [5.41, 5.74) is 3.23. The number of hydrogen-bond donors (Lipinski definition) is 2. The number of rotatable bonds is 3. The first-order valence-electron chi connectivity index (χ1n) is 5.14. The zero-order chi connectivity index (χ0) is 13.1. The van der Waals surface area contributed by atoms with Crippen LogP contribution in [0.2, 0.25) is 0 Å². The van der Waals surface area contributed by atoms with Gasteiger partial charge in [-0.2, -0.15) is 0 Å². The van der Waals surface area contributed by atoms with Crippen molar-refractivity contribution in [2.45, 2.75) is 6.04 Å². The normalized spacial score (nSPS) is 12.4. The van der Waals surface area contributed by atoms with Crippen LogP contribution in [-0.4, -0.2) is 4.98 Å². The predicted molar refractivity (Wildman–Crippen MR) is 67.5 cm³/mol. The third-order valence-electron chi connectivity index (χ3n) is 2.52. The summed E-state index contributed by atoms with van der Waals surface area (Å²) in [5, 5.41) is 0. The molecule has 1 heterocycles. The Labute approximate surface area is 111 Å². The summed E-state index contributed by atoms with van der Waals surface area (Å²) in [6, 6.07) is 5.05. The van der Waals surface area contributed by atoms with Crippen LogP contribution >= 0.6 is 15.9 Å². The minimum Gasteiger partial charge on any atom is -0.271 e. The van der Waals surface area contributed by atoms with Gasteiger partial charge in [0.15, 0.2) is 11.6 Å². The van der Waals surface area contributed by atoms with E-state index < -0.39 is 17.7 Å². The van der Waals surface area contributed by atoms with E-state index in [1.165, 1.54) is 12.1 Å². The molecule has 0 aliphatic rings. The van der Waals surface area contributed by atoms with Crippen LogP contribution in [0.1, 0.15) is 17.2 Å². The van der Waals surface area contributed by atoms with Crippen molar-refractivity contribution in [3.8, 4) is 0 Å². The topological polar surface area (TPSA) is 50.9 Å². The highest BCUT2D eigenvalue weighted by molar-refractivity contribution is 9.10. The molecule has 1 aromatic carbocycles. The molecule has 0 saturated heterocycles. The summed E-state index contributed by atoms with van der Waals surface area (Å²) in [5.74, 6) is 3.60. The lowest BCUT2D eigenvalue weighted by atomic mass is 10.0. The molecule has 2 rings (SSSR count).